The largest absolute Gasteiger partial charge is 0.467 e. The molecule has 0 aliphatic heterocycles. The molecule has 0 amide bonds. The quantitative estimate of drug-likeness (QED) is 0.573. The summed E-state index contributed by atoms with van der Waals surface area (Å²) >= 11 is 0. The maximum Gasteiger partial charge on any atom is 0.191 e. The summed E-state index contributed by atoms with van der Waals surface area (Å²) in [6.07, 6.45) is 1.67. The molecule has 3 rings (SSSR count). The zero-order valence-corrected chi connectivity index (χ0v) is 12.5. The minimum Gasteiger partial charge on any atom is -0.467 e. The molecule has 0 aliphatic carbocycles. The molecule has 0 fully saturated rings. The van der Waals surface area contributed by atoms with Crippen LogP contribution >= 0.6 is 0 Å². The zero-order chi connectivity index (χ0) is 15.2. The number of rotatable bonds is 4. The predicted octanol–water partition coefficient (Wildman–Crippen LogP) is 3.30. The Morgan fingerprint density at radius 2 is 1.77 bits per heavy atom. The number of fused-ring (bicyclic) bond motifs is 1. The number of aliphatic imine (C=N–C) groups is 1. The van der Waals surface area contributed by atoms with E-state index in [1.54, 1.807) is 13.3 Å². The second-order valence-corrected chi connectivity index (χ2v) is 5.04. The molecular formula is C18H19N3O. The first kappa shape index (κ1) is 14.2. The highest BCUT2D eigenvalue weighted by atomic mass is 16.3. The molecule has 1 heterocycles. The zero-order valence-electron chi connectivity index (χ0n) is 12.5. The Morgan fingerprint density at radius 1 is 0.955 bits per heavy atom. The highest BCUT2D eigenvalue weighted by Gasteiger charge is 2.01. The van der Waals surface area contributed by atoms with E-state index < -0.39 is 0 Å². The van der Waals surface area contributed by atoms with Gasteiger partial charge < -0.3 is 15.1 Å². The topological polar surface area (TPSA) is 49.6 Å². The van der Waals surface area contributed by atoms with Crippen molar-refractivity contribution in [3.05, 3.63) is 72.2 Å². The molecule has 0 radical (unpaired) electrons. The summed E-state index contributed by atoms with van der Waals surface area (Å²) in [5.41, 5.74) is 1.22. The molecule has 3 aromatic rings. The lowest BCUT2D eigenvalue weighted by atomic mass is 10.1. The molecule has 22 heavy (non-hydrogen) atoms. The fraction of sp³-hybridized carbons (Fsp3) is 0.167. The van der Waals surface area contributed by atoms with Crippen LogP contribution in [0.4, 0.5) is 0 Å². The van der Waals surface area contributed by atoms with E-state index in [1.807, 2.05) is 12.1 Å². The SMILES string of the molecule is CN=C(NCc1ccc2ccccc2c1)NCc1ccco1. The lowest BCUT2D eigenvalue weighted by Crippen LogP contribution is -2.36. The van der Waals surface area contributed by atoms with Crippen LogP contribution in [0.25, 0.3) is 10.8 Å². The van der Waals surface area contributed by atoms with Crippen LogP contribution < -0.4 is 10.6 Å². The number of hydrogen-bond acceptors (Lipinski definition) is 2. The number of hydrogen-bond donors (Lipinski definition) is 2. The van der Waals surface area contributed by atoms with Crippen LogP contribution in [0.3, 0.4) is 0 Å². The molecule has 0 spiro atoms. The van der Waals surface area contributed by atoms with Crippen molar-refractivity contribution in [2.24, 2.45) is 4.99 Å². The van der Waals surface area contributed by atoms with Gasteiger partial charge in [0.1, 0.15) is 5.76 Å². The Hall–Kier alpha value is -2.75. The molecule has 1 aromatic heterocycles. The van der Waals surface area contributed by atoms with Gasteiger partial charge in [-0.25, -0.2) is 0 Å². The summed E-state index contributed by atoms with van der Waals surface area (Å²) in [6, 6.07) is 18.7. The van der Waals surface area contributed by atoms with Gasteiger partial charge in [0, 0.05) is 13.6 Å². The van der Waals surface area contributed by atoms with Crippen LogP contribution in [0, 0.1) is 0 Å². The van der Waals surface area contributed by atoms with E-state index in [0.717, 1.165) is 18.3 Å². The number of nitrogens with zero attached hydrogens (tertiary/aromatic N) is 1. The van der Waals surface area contributed by atoms with Gasteiger partial charge >= 0.3 is 0 Å². The monoisotopic (exact) mass is 293 g/mol. The van der Waals surface area contributed by atoms with Crippen molar-refractivity contribution in [2.45, 2.75) is 13.1 Å². The average molecular weight is 293 g/mol. The van der Waals surface area contributed by atoms with Crippen molar-refractivity contribution in [1.82, 2.24) is 10.6 Å². The first-order valence-electron chi connectivity index (χ1n) is 7.30. The Bertz CT molecular complexity index is 763. The van der Waals surface area contributed by atoms with Crippen LogP contribution in [0.2, 0.25) is 0 Å². The van der Waals surface area contributed by atoms with E-state index in [0.29, 0.717) is 6.54 Å². The van der Waals surface area contributed by atoms with Gasteiger partial charge in [-0.3, -0.25) is 4.99 Å². The number of nitrogens with one attached hydrogen (secondary N) is 2. The van der Waals surface area contributed by atoms with Crippen LogP contribution in [0.15, 0.2) is 70.3 Å². The number of benzene rings is 2. The minimum absolute atomic E-state index is 0.615. The van der Waals surface area contributed by atoms with Crippen LogP contribution in [-0.4, -0.2) is 13.0 Å². The summed E-state index contributed by atoms with van der Waals surface area (Å²) in [5.74, 6) is 1.64. The molecule has 4 nitrogen and oxygen atoms in total. The molecule has 0 saturated carbocycles. The highest BCUT2D eigenvalue weighted by Crippen LogP contribution is 2.15. The molecule has 4 heteroatoms. The predicted molar refractivity (Wildman–Crippen MR) is 89.7 cm³/mol. The van der Waals surface area contributed by atoms with Crippen molar-refractivity contribution >= 4 is 16.7 Å². The molecule has 0 atom stereocenters. The lowest BCUT2D eigenvalue weighted by Gasteiger charge is -2.11. The van der Waals surface area contributed by atoms with Gasteiger partial charge in [0.05, 0.1) is 12.8 Å². The van der Waals surface area contributed by atoms with Gasteiger partial charge in [-0.2, -0.15) is 0 Å². The average Bonchev–Trinajstić information content (AvgIpc) is 3.08. The summed E-state index contributed by atoms with van der Waals surface area (Å²) in [5, 5.41) is 9.04. The van der Waals surface area contributed by atoms with Gasteiger partial charge in [0.2, 0.25) is 0 Å². The van der Waals surface area contributed by atoms with Crippen LogP contribution in [-0.2, 0) is 13.1 Å². The Balaban J connectivity index is 1.59. The fourth-order valence-corrected chi connectivity index (χ4v) is 2.34. The molecule has 0 saturated heterocycles. The van der Waals surface area contributed by atoms with Gasteiger partial charge in [-0.05, 0) is 34.5 Å². The van der Waals surface area contributed by atoms with E-state index in [4.69, 9.17) is 4.42 Å². The van der Waals surface area contributed by atoms with Gasteiger partial charge in [0.15, 0.2) is 5.96 Å². The first-order valence-corrected chi connectivity index (χ1v) is 7.30. The third-order valence-corrected chi connectivity index (χ3v) is 3.51. The van der Waals surface area contributed by atoms with Gasteiger partial charge in [0.25, 0.3) is 0 Å². The molecule has 0 unspecified atom stereocenters. The fourth-order valence-electron chi connectivity index (χ4n) is 2.34. The highest BCUT2D eigenvalue weighted by molar-refractivity contribution is 5.83. The van der Waals surface area contributed by atoms with Crippen LogP contribution in [0.5, 0.6) is 0 Å². The van der Waals surface area contributed by atoms with Crippen molar-refractivity contribution in [3.63, 3.8) is 0 Å². The summed E-state index contributed by atoms with van der Waals surface area (Å²) in [6.45, 7) is 1.34. The molecular weight excluding hydrogens is 274 g/mol. The summed E-state index contributed by atoms with van der Waals surface area (Å²) < 4.78 is 5.29. The van der Waals surface area contributed by atoms with Gasteiger partial charge in [-0.15, -0.1) is 0 Å². The van der Waals surface area contributed by atoms with Crippen molar-refractivity contribution < 1.29 is 4.42 Å². The Kier molecular flexibility index (Phi) is 4.39. The van der Waals surface area contributed by atoms with E-state index in [-0.39, 0.29) is 0 Å². The lowest BCUT2D eigenvalue weighted by molar-refractivity contribution is 0.501. The van der Waals surface area contributed by atoms with E-state index in [9.17, 15) is 0 Å². The smallest absolute Gasteiger partial charge is 0.191 e. The Morgan fingerprint density at radius 3 is 2.55 bits per heavy atom. The normalized spacial score (nSPS) is 11.6. The van der Waals surface area contributed by atoms with E-state index in [1.165, 1.54) is 16.3 Å². The second-order valence-electron chi connectivity index (χ2n) is 5.04. The van der Waals surface area contributed by atoms with Gasteiger partial charge in [-0.1, -0.05) is 36.4 Å². The first-order chi connectivity index (χ1) is 10.8. The Labute approximate surface area is 129 Å². The maximum atomic E-state index is 5.29. The molecule has 0 bridgehead atoms. The molecule has 2 N–H and O–H groups in total. The summed E-state index contributed by atoms with van der Waals surface area (Å²) in [7, 11) is 1.76. The van der Waals surface area contributed by atoms with Crippen molar-refractivity contribution in [3.8, 4) is 0 Å². The second kappa shape index (κ2) is 6.80. The van der Waals surface area contributed by atoms with Crippen molar-refractivity contribution in [1.29, 1.82) is 0 Å². The number of furan rings is 1. The number of guanidine groups is 1. The minimum atomic E-state index is 0.615. The van der Waals surface area contributed by atoms with Crippen LogP contribution in [0.1, 0.15) is 11.3 Å². The van der Waals surface area contributed by atoms with E-state index >= 15 is 0 Å². The molecule has 0 aliphatic rings. The van der Waals surface area contributed by atoms with Crippen molar-refractivity contribution in [2.75, 3.05) is 7.05 Å². The third-order valence-electron chi connectivity index (χ3n) is 3.51. The molecule has 112 valence electrons. The van der Waals surface area contributed by atoms with E-state index in [2.05, 4.69) is 58.1 Å². The maximum absolute atomic E-state index is 5.29. The third kappa shape index (κ3) is 3.47. The summed E-state index contributed by atoms with van der Waals surface area (Å²) in [4.78, 5) is 4.22. The molecule has 2 aromatic carbocycles. The standard InChI is InChI=1S/C18H19N3O/c1-19-18(21-13-17-7-4-10-22-17)20-12-14-8-9-15-5-2-3-6-16(15)11-14/h2-11H,12-13H2,1H3,(H2,19,20,21).